The number of halogens is 1. The molecule has 2 aromatic carbocycles. The zero-order valence-electron chi connectivity index (χ0n) is 17.4. The predicted molar refractivity (Wildman–Crippen MR) is 128 cm³/mol. The number of amides is 1. The molecule has 5 rings (SSSR count). The summed E-state index contributed by atoms with van der Waals surface area (Å²) in [5.41, 5.74) is 4.10. The number of benzene rings is 2. The van der Waals surface area contributed by atoms with Gasteiger partial charge in [-0.25, -0.2) is 9.97 Å². The van der Waals surface area contributed by atoms with Gasteiger partial charge in [0.05, 0.1) is 16.9 Å². The van der Waals surface area contributed by atoms with E-state index >= 15 is 0 Å². The van der Waals surface area contributed by atoms with Crippen molar-refractivity contribution in [3.63, 3.8) is 0 Å². The molecule has 0 aliphatic carbocycles. The maximum absolute atomic E-state index is 12.6. The summed E-state index contributed by atoms with van der Waals surface area (Å²) < 4.78 is 0. The lowest BCUT2D eigenvalue weighted by Gasteiger charge is -2.21. The third kappa shape index (κ3) is 4.30. The van der Waals surface area contributed by atoms with Gasteiger partial charge in [0.15, 0.2) is 0 Å². The Kier molecular flexibility index (Phi) is 5.75. The van der Waals surface area contributed by atoms with E-state index in [-0.39, 0.29) is 11.8 Å². The number of fused-ring (bicyclic) bond motifs is 1. The molecule has 2 aromatic heterocycles. The van der Waals surface area contributed by atoms with Crippen molar-refractivity contribution in [3.05, 3.63) is 65.9 Å². The third-order valence-electron chi connectivity index (χ3n) is 5.68. The van der Waals surface area contributed by atoms with Crippen LogP contribution < -0.4 is 16.0 Å². The number of hydrogen-bond acceptors (Lipinski definition) is 5. The first-order valence-corrected chi connectivity index (χ1v) is 11.0. The molecule has 0 spiro atoms. The number of hydrogen-bond donors (Lipinski definition) is 4. The molecule has 3 heterocycles. The first kappa shape index (κ1) is 20.5. The van der Waals surface area contributed by atoms with Crippen molar-refractivity contribution in [1.82, 2.24) is 20.3 Å². The minimum absolute atomic E-state index is 0.0474. The van der Waals surface area contributed by atoms with Crippen LogP contribution in [0.1, 0.15) is 12.8 Å². The Labute approximate surface area is 190 Å². The lowest BCUT2D eigenvalue weighted by molar-refractivity contribution is -0.120. The van der Waals surface area contributed by atoms with Gasteiger partial charge in [-0.1, -0.05) is 35.9 Å². The van der Waals surface area contributed by atoms with Gasteiger partial charge in [-0.05, 0) is 50.2 Å². The van der Waals surface area contributed by atoms with Gasteiger partial charge in [-0.15, -0.1) is 0 Å². The molecule has 1 saturated heterocycles. The van der Waals surface area contributed by atoms with Crippen LogP contribution in [0.15, 0.2) is 60.9 Å². The van der Waals surface area contributed by atoms with Crippen molar-refractivity contribution in [1.29, 1.82) is 0 Å². The van der Waals surface area contributed by atoms with Crippen LogP contribution in [0.4, 0.5) is 17.3 Å². The van der Waals surface area contributed by atoms with E-state index in [0.29, 0.717) is 16.7 Å². The highest BCUT2D eigenvalue weighted by Crippen LogP contribution is 2.32. The molecule has 4 N–H and O–H groups in total. The maximum Gasteiger partial charge on any atom is 0.227 e. The van der Waals surface area contributed by atoms with Crippen molar-refractivity contribution in [3.8, 4) is 11.3 Å². The van der Waals surface area contributed by atoms with E-state index in [4.69, 9.17) is 11.6 Å². The van der Waals surface area contributed by atoms with Gasteiger partial charge in [0, 0.05) is 40.0 Å². The summed E-state index contributed by atoms with van der Waals surface area (Å²) in [6, 6.07) is 15.6. The molecular formula is C24H23ClN6O. The molecule has 1 aliphatic heterocycles. The molecule has 1 fully saturated rings. The largest absolute Gasteiger partial charge is 0.360 e. The Hall–Kier alpha value is -3.42. The fraction of sp³-hybridized carbons (Fsp3) is 0.208. The molecule has 7 nitrogen and oxygen atoms in total. The number of nitrogens with zero attached hydrogens (tertiary/aromatic N) is 2. The van der Waals surface area contributed by atoms with Crippen LogP contribution in [0.3, 0.4) is 0 Å². The number of piperidine rings is 1. The van der Waals surface area contributed by atoms with E-state index in [9.17, 15) is 4.79 Å². The fourth-order valence-corrected chi connectivity index (χ4v) is 4.21. The van der Waals surface area contributed by atoms with Crippen LogP contribution in [-0.4, -0.2) is 33.9 Å². The monoisotopic (exact) mass is 446 g/mol. The standard InChI is InChI=1S/C24H23ClN6O/c25-20-14-28-24(31-22(20)19-13-27-21-7-2-1-6-18(19)21)30-17-5-3-4-16(12-17)29-23(32)15-8-10-26-11-9-15/h1-7,12-15,26-27H,8-11H2,(H,29,32)(H,28,30,31). The highest BCUT2D eigenvalue weighted by molar-refractivity contribution is 6.33. The second kappa shape index (κ2) is 8.98. The van der Waals surface area contributed by atoms with E-state index < -0.39 is 0 Å². The van der Waals surface area contributed by atoms with Crippen LogP contribution in [0.5, 0.6) is 0 Å². The van der Waals surface area contributed by atoms with Crippen LogP contribution in [0, 0.1) is 5.92 Å². The third-order valence-corrected chi connectivity index (χ3v) is 5.96. The lowest BCUT2D eigenvalue weighted by atomic mass is 9.97. The van der Waals surface area contributed by atoms with Gasteiger partial charge >= 0.3 is 0 Å². The molecule has 1 amide bonds. The summed E-state index contributed by atoms with van der Waals surface area (Å²) in [7, 11) is 0. The van der Waals surface area contributed by atoms with E-state index in [1.54, 1.807) is 6.20 Å². The number of aromatic amines is 1. The smallest absolute Gasteiger partial charge is 0.227 e. The highest BCUT2D eigenvalue weighted by Gasteiger charge is 2.21. The second-order valence-corrected chi connectivity index (χ2v) is 8.26. The number of carbonyl (C=O) groups excluding carboxylic acids is 1. The topological polar surface area (TPSA) is 94.7 Å². The summed E-state index contributed by atoms with van der Waals surface area (Å²) in [5, 5.41) is 11.1. The van der Waals surface area contributed by atoms with E-state index in [1.807, 2.05) is 54.7 Å². The summed E-state index contributed by atoms with van der Waals surface area (Å²) in [6.45, 7) is 1.76. The van der Waals surface area contributed by atoms with Gasteiger partial charge in [-0.3, -0.25) is 4.79 Å². The number of aromatic nitrogens is 3. The highest BCUT2D eigenvalue weighted by atomic mass is 35.5. The predicted octanol–water partition coefficient (Wildman–Crippen LogP) is 4.96. The fourth-order valence-electron chi connectivity index (χ4n) is 4.02. The average molecular weight is 447 g/mol. The molecule has 1 aliphatic rings. The van der Waals surface area contributed by atoms with Crippen molar-refractivity contribution in [2.75, 3.05) is 23.7 Å². The van der Waals surface area contributed by atoms with E-state index in [2.05, 4.69) is 30.9 Å². The van der Waals surface area contributed by atoms with Crippen molar-refractivity contribution in [2.24, 2.45) is 5.92 Å². The maximum atomic E-state index is 12.6. The zero-order chi connectivity index (χ0) is 21.9. The normalized spacial score (nSPS) is 14.4. The second-order valence-electron chi connectivity index (χ2n) is 7.86. The summed E-state index contributed by atoms with van der Waals surface area (Å²) in [6.07, 6.45) is 5.22. The summed E-state index contributed by atoms with van der Waals surface area (Å²) in [5.74, 6) is 0.538. The van der Waals surface area contributed by atoms with Crippen LogP contribution >= 0.6 is 11.6 Å². The Bertz CT molecular complexity index is 1260. The molecule has 4 aromatic rings. The number of para-hydroxylation sites is 1. The Morgan fingerprint density at radius 1 is 1.06 bits per heavy atom. The van der Waals surface area contributed by atoms with Gasteiger partial charge in [0.1, 0.15) is 0 Å². The SMILES string of the molecule is O=C(Nc1cccc(Nc2ncc(Cl)c(-c3c[nH]c4ccccc34)n2)c1)C1CCNCC1. The van der Waals surface area contributed by atoms with Gasteiger partial charge in [-0.2, -0.15) is 0 Å². The molecule has 0 bridgehead atoms. The van der Waals surface area contributed by atoms with Crippen LogP contribution in [0.2, 0.25) is 5.02 Å². The number of carbonyl (C=O) groups is 1. The van der Waals surface area contributed by atoms with Crippen molar-refractivity contribution in [2.45, 2.75) is 12.8 Å². The molecule has 0 atom stereocenters. The van der Waals surface area contributed by atoms with E-state index in [1.165, 1.54) is 0 Å². The van der Waals surface area contributed by atoms with Crippen LogP contribution in [-0.2, 0) is 4.79 Å². The molecule has 0 radical (unpaired) electrons. The minimum atomic E-state index is 0.0474. The first-order valence-electron chi connectivity index (χ1n) is 10.6. The van der Waals surface area contributed by atoms with Gasteiger partial charge in [0.25, 0.3) is 0 Å². The Morgan fingerprint density at radius 2 is 1.88 bits per heavy atom. The molecule has 162 valence electrons. The van der Waals surface area contributed by atoms with Gasteiger partial charge in [0.2, 0.25) is 11.9 Å². The lowest BCUT2D eigenvalue weighted by Crippen LogP contribution is -2.34. The molecular weight excluding hydrogens is 424 g/mol. The molecule has 32 heavy (non-hydrogen) atoms. The van der Waals surface area contributed by atoms with Crippen molar-refractivity contribution >= 4 is 45.7 Å². The minimum Gasteiger partial charge on any atom is -0.360 e. The average Bonchev–Trinajstić information content (AvgIpc) is 3.25. The first-order chi connectivity index (χ1) is 15.7. The quantitative estimate of drug-likeness (QED) is 0.347. The molecule has 0 unspecified atom stereocenters. The van der Waals surface area contributed by atoms with Crippen LogP contribution in [0.25, 0.3) is 22.2 Å². The Balaban J connectivity index is 1.36. The van der Waals surface area contributed by atoms with E-state index in [0.717, 1.165) is 53.8 Å². The number of rotatable bonds is 5. The summed E-state index contributed by atoms with van der Waals surface area (Å²) in [4.78, 5) is 24.8. The number of H-pyrrole nitrogens is 1. The number of nitrogens with one attached hydrogen (secondary N) is 4. The zero-order valence-corrected chi connectivity index (χ0v) is 18.1. The van der Waals surface area contributed by atoms with Crippen molar-refractivity contribution < 1.29 is 4.79 Å². The molecule has 8 heteroatoms. The van der Waals surface area contributed by atoms with Gasteiger partial charge < -0.3 is 20.9 Å². The number of anilines is 3. The molecule has 0 saturated carbocycles. The Morgan fingerprint density at radius 3 is 2.75 bits per heavy atom. The summed E-state index contributed by atoms with van der Waals surface area (Å²) >= 11 is 6.43.